The largest absolute Gasteiger partial charge is 0.495 e. The monoisotopic (exact) mass is 418 g/mol. The van der Waals surface area contributed by atoms with Gasteiger partial charge in [-0.1, -0.05) is 52.0 Å². The van der Waals surface area contributed by atoms with Crippen molar-refractivity contribution in [2.24, 2.45) is 5.92 Å². The van der Waals surface area contributed by atoms with E-state index < -0.39 is 10.0 Å². The molecule has 1 unspecified atom stereocenters. The molecule has 0 aliphatic rings. The molecule has 7 heteroatoms. The third kappa shape index (κ3) is 5.36. The Hall–Kier alpha value is -2.38. The van der Waals surface area contributed by atoms with E-state index in [1.54, 1.807) is 6.07 Å². The maximum Gasteiger partial charge on any atom is 0.251 e. The molecule has 1 amide bonds. The fourth-order valence-electron chi connectivity index (χ4n) is 3.09. The minimum atomic E-state index is -3.76. The zero-order chi connectivity index (χ0) is 21.8. The Bertz CT molecular complexity index is 951. The van der Waals surface area contributed by atoms with Gasteiger partial charge in [-0.3, -0.25) is 4.79 Å². The van der Waals surface area contributed by atoms with Crippen molar-refractivity contribution in [2.45, 2.75) is 44.6 Å². The van der Waals surface area contributed by atoms with Crippen LogP contribution in [0.2, 0.25) is 0 Å². The zero-order valence-electron chi connectivity index (χ0n) is 17.8. The molecule has 2 N–H and O–H groups in total. The molecule has 0 aromatic heterocycles. The van der Waals surface area contributed by atoms with Gasteiger partial charge in [-0.05, 0) is 48.2 Å². The predicted octanol–water partition coefficient (Wildman–Crippen LogP) is 3.85. The summed E-state index contributed by atoms with van der Waals surface area (Å²) in [5.74, 6) is 0.429. The predicted molar refractivity (Wildman–Crippen MR) is 115 cm³/mol. The number of hydrogen-bond donors (Lipinski definition) is 2. The number of ether oxygens (including phenoxy) is 1. The van der Waals surface area contributed by atoms with Gasteiger partial charge in [0.05, 0.1) is 13.2 Å². The Labute approximate surface area is 173 Å². The van der Waals surface area contributed by atoms with Crippen molar-refractivity contribution in [3.63, 3.8) is 0 Å². The van der Waals surface area contributed by atoms with Crippen LogP contribution in [0.25, 0.3) is 0 Å². The molecule has 1 atom stereocenters. The van der Waals surface area contributed by atoms with Gasteiger partial charge < -0.3 is 10.1 Å². The van der Waals surface area contributed by atoms with Gasteiger partial charge in [0.15, 0.2) is 0 Å². The number of amides is 1. The first-order valence-corrected chi connectivity index (χ1v) is 11.1. The van der Waals surface area contributed by atoms with Crippen molar-refractivity contribution in [3.05, 3.63) is 59.2 Å². The van der Waals surface area contributed by atoms with Crippen LogP contribution in [0.1, 0.15) is 61.1 Å². The van der Waals surface area contributed by atoms with Crippen LogP contribution in [-0.2, 0) is 10.0 Å². The number of methoxy groups -OCH3 is 1. The van der Waals surface area contributed by atoms with Crippen LogP contribution in [0.15, 0.2) is 47.4 Å². The minimum Gasteiger partial charge on any atom is -0.495 e. The van der Waals surface area contributed by atoms with Gasteiger partial charge in [-0.15, -0.1) is 0 Å². The zero-order valence-corrected chi connectivity index (χ0v) is 18.6. The molecule has 0 fully saturated rings. The van der Waals surface area contributed by atoms with Crippen molar-refractivity contribution in [3.8, 4) is 5.75 Å². The fourth-order valence-corrected chi connectivity index (χ4v) is 4.00. The van der Waals surface area contributed by atoms with Gasteiger partial charge in [0.25, 0.3) is 5.91 Å². The molecule has 0 aliphatic heterocycles. The summed E-state index contributed by atoms with van der Waals surface area (Å²) in [4.78, 5) is 12.8. The molecule has 0 saturated carbocycles. The second-order valence-corrected chi connectivity index (χ2v) is 9.44. The molecule has 29 heavy (non-hydrogen) atoms. The summed E-state index contributed by atoms with van der Waals surface area (Å²) in [5, 5.41) is 3.04. The molecule has 0 aliphatic carbocycles. The molecule has 0 spiro atoms. The SMILES string of the molecule is CNS(=O)(=O)c1cc(C(=O)NC(c2ccc(C(C)C)cc2)C(C)C)ccc1OC. The summed E-state index contributed by atoms with van der Waals surface area (Å²) < 4.78 is 31.9. The molecule has 2 rings (SSSR count). The third-order valence-corrected chi connectivity index (χ3v) is 6.34. The van der Waals surface area contributed by atoms with Gasteiger partial charge in [-0.25, -0.2) is 13.1 Å². The van der Waals surface area contributed by atoms with E-state index in [1.165, 1.54) is 31.9 Å². The number of hydrogen-bond acceptors (Lipinski definition) is 4. The van der Waals surface area contributed by atoms with E-state index in [0.717, 1.165) is 5.56 Å². The van der Waals surface area contributed by atoms with Crippen molar-refractivity contribution < 1.29 is 17.9 Å². The van der Waals surface area contributed by atoms with Gasteiger partial charge in [-0.2, -0.15) is 0 Å². The van der Waals surface area contributed by atoms with Gasteiger partial charge in [0.1, 0.15) is 10.6 Å². The quantitative estimate of drug-likeness (QED) is 0.682. The molecular formula is C22H30N2O4S. The Morgan fingerprint density at radius 2 is 1.55 bits per heavy atom. The number of carbonyl (C=O) groups is 1. The van der Waals surface area contributed by atoms with E-state index in [4.69, 9.17) is 4.74 Å². The van der Waals surface area contributed by atoms with Crippen LogP contribution in [0, 0.1) is 5.92 Å². The number of carbonyl (C=O) groups excluding carboxylic acids is 1. The number of nitrogens with one attached hydrogen (secondary N) is 2. The Morgan fingerprint density at radius 1 is 0.966 bits per heavy atom. The topological polar surface area (TPSA) is 84.5 Å². The summed E-state index contributed by atoms with van der Waals surface area (Å²) in [5.41, 5.74) is 2.50. The van der Waals surface area contributed by atoms with E-state index in [2.05, 4.69) is 36.0 Å². The third-order valence-electron chi connectivity index (χ3n) is 4.90. The highest BCUT2D eigenvalue weighted by Crippen LogP contribution is 2.27. The number of sulfonamides is 1. The first kappa shape index (κ1) is 22.9. The lowest BCUT2D eigenvalue weighted by Crippen LogP contribution is -2.32. The van der Waals surface area contributed by atoms with Gasteiger partial charge >= 0.3 is 0 Å². The van der Waals surface area contributed by atoms with Crippen LogP contribution < -0.4 is 14.8 Å². The fraction of sp³-hybridized carbons (Fsp3) is 0.409. The number of benzene rings is 2. The van der Waals surface area contributed by atoms with E-state index in [1.807, 2.05) is 26.0 Å². The summed E-state index contributed by atoms with van der Waals surface area (Å²) in [7, 11) is -1.06. The van der Waals surface area contributed by atoms with E-state index in [-0.39, 0.29) is 34.1 Å². The summed E-state index contributed by atoms with van der Waals surface area (Å²) >= 11 is 0. The van der Waals surface area contributed by atoms with Crippen molar-refractivity contribution in [1.82, 2.24) is 10.0 Å². The van der Waals surface area contributed by atoms with Crippen LogP contribution in [0.5, 0.6) is 5.75 Å². The normalized spacial score (nSPS) is 12.8. The standard InChI is InChI=1S/C22H30N2O4S/c1-14(2)16-7-9-17(10-8-16)21(15(3)4)24-22(25)18-11-12-19(28-6)20(13-18)29(26,27)23-5/h7-15,21,23H,1-6H3,(H,24,25). The van der Waals surface area contributed by atoms with Crippen LogP contribution in [0.4, 0.5) is 0 Å². The molecule has 158 valence electrons. The second-order valence-electron chi connectivity index (χ2n) is 7.59. The van der Waals surface area contributed by atoms with Crippen molar-refractivity contribution in [2.75, 3.05) is 14.2 Å². The molecule has 2 aromatic carbocycles. The van der Waals surface area contributed by atoms with E-state index >= 15 is 0 Å². The van der Waals surface area contributed by atoms with Crippen LogP contribution in [-0.4, -0.2) is 28.5 Å². The molecule has 6 nitrogen and oxygen atoms in total. The molecular weight excluding hydrogens is 388 g/mol. The molecule has 0 saturated heterocycles. The Morgan fingerprint density at radius 3 is 2.03 bits per heavy atom. The Balaban J connectivity index is 2.34. The van der Waals surface area contributed by atoms with Crippen molar-refractivity contribution in [1.29, 1.82) is 0 Å². The highest BCUT2D eigenvalue weighted by atomic mass is 32.2. The Kier molecular flexibility index (Phi) is 7.43. The maximum absolute atomic E-state index is 12.9. The molecule has 0 bridgehead atoms. The lowest BCUT2D eigenvalue weighted by Gasteiger charge is -2.24. The highest BCUT2D eigenvalue weighted by molar-refractivity contribution is 7.89. The minimum absolute atomic E-state index is 0.0717. The smallest absolute Gasteiger partial charge is 0.251 e. The molecule has 0 heterocycles. The molecule has 2 aromatic rings. The number of rotatable bonds is 8. The van der Waals surface area contributed by atoms with Crippen LogP contribution >= 0.6 is 0 Å². The maximum atomic E-state index is 12.9. The van der Waals surface area contributed by atoms with Gasteiger partial charge in [0.2, 0.25) is 10.0 Å². The summed E-state index contributed by atoms with van der Waals surface area (Å²) in [6.45, 7) is 8.34. The summed E-state index contributed by atoms with van der Waals surface area (Å²) in [6, 6.07) is 12.4. The van der Waals surface area contributed by atoms with Gasteiger partial charge in [0, 0.05) is 5.56 Å². The average molecular weight is 419 g/mol. The lowest BCUT2D eigenvalue weighted by atomic mass is 9.93. The van der Waals surface area contributed by atoms with E-state index in [0.29, 0.717) is 5.92 Å². The first-order chi connectivity index (χ1) is 13.6. The van der Waals surface area contributed by atoms with Crippen LogP contribution in [0.3, 0.4) is 0 Å². The molecule has 0 radical (unpaired) electrons. The van der Waals surface area contributed by atoms with E-state index in [9.17, 15) is 13.2 Å². The first-order valence-electron chi connectivity index (χ1n) is 9.63. The van der Waals surface area contributed by atoms with Crippen molar-refractivity contribution >= 4 is 15.9 Å². The lowest BCUT2D eigenvalue weighted by molar-refractivity contribution is 0.0925. The second kappa shape index (κ2) is 9.41. The summed E-state index contributed by atoms with van der Waals surface area (Å²) in [6.07, 6.45) is 0. The highest BCUT2D eigenvalue weighted by Gasteiger charge is 2.23. The average Bonchev–Trinajstić information content (AvgIpc) is 2.71.